The van der Waals surface area contributed by atoms with Crippen molar-refractivity contribution in [1.29, 1.82) is 0 Å². The van der Waals surface area contributed by atoms with E-state index in [0.717, 1.165) is 5.56 Å². The Morgan fingerprint density at radius 3 is 2.29 bits per heavy atom. The minimum atomic E-state index is -4.86. The lowest BCUT2D eigenvalue weighted by Crippen LogP contribution is -2.44. The number of fused-ring (bicyclic) bond motifs is 1. The molecule has 1 aliphatic rings. The van der Waals surface area contributed by atoms with E-state index >= 15 is 0 Å². The standard InChI is InChI=1S/C22H14ClF3N2O3/c1-12-6-2-5-9-16(12)31-17-10-15(13-7-3-4-8-14(13)20(17)23)28-19(29)11-18(22(24,25)26)27-21(28)30/h2-10H,11H2,1H3. The Morgan fingerprint density at radius 2 is 1.65 bits per heavy atom. The SMILES string of the molecule is Cc1ccccc1Oc1cc(N2C(=O)CC(C(F)(F)F)=NC2=O)c2ccccc2c1Cl. The number of carbonyl (C=O) groups is 2. The maximum absolute atomic E-state index is 13.0. The van der Waals surface area contributed by atoms with Crippen LogP contribution in [0.4, 0.5) is 23.7 Å². The van der Waals surface area contributed by atoms with E-state index in [1.54, 1.807) is 36.4 Å². The quantitative estimate of drug-likeness (QED) is 0.464. The number of nitrogens with zero attached hydrogens (tertiary/aromatic N) is 2. The van der Waals surface area contributed by atoms with Crippen LogP contribution < -0.4 is 9.64 Å². The van der Waals surface area contributed by atoms with Gasteiger partial charge in [0.1, 0.15) is 17.2 Å². The van der Waals surface area contributed by atoms with Crippen LogP contribution >= 0.6 is 11.6 Å². The molecule has 0 saturated heterocycles. The maximum Gasteiger partial charge on any atom is 0.430 e. The maximum atomic E-state index is 13.0. The van der Waals surface area contributed by atoms with Gasteiger partial charge in [-0.1, -0.05) is 54.1 Å². The van der Waals surface area contributed by atoms with Crippen LogP contribution in [-0.2, 0) is 4.79 Å². The number of halogens is 4. The first kappa shape index (κ1) is 20.9. The Labute approximate surface area is 179 Å². The Hall–Kier alpha value is -3.39. The molecule has 0 N–H and O–H groups in total. The summed E-state index contributed by atoms with van der Waals surface area (Å²) in [7, 11) is 0. The largest absolute Gasteiger partial charge is 0.455 e. The molecule has 0 bridgehead atoms. The molecule has 3 aromatic carbocycles. The van der Waals surface area contributed by atoms with E-state index in [1.165, 1.54) is 6.07 Å². The number of aryl methyl sites for hydroxylation is 1. The van der Waals surface area contributed by atoms with Gasteiger partial charge in [0.15, 0.2) is 0 Å². The summed E-state index contributed by atoms with van der Waals surface area (Å²) < 4.78 is 44.9. The number of aliphatic imine (C=N–C) groups is 1. The fourth-order valence-corrected chi connectivity index (χ4v) is 3.54. The first-order valence-electron chi connectivity index (χ1n) is 9.13. The number of para-hydroxylation sites is 1. The smallest absolute Gasteiger partial charge is 0.430 e. The van der Waals surface area contributed by atoms with Gasteiger partial charge < -0.3 is 4.74 Å². The summed E-state index contributed by atoms with van der Waals surface area (Å²) in [5.74, 6) is -0.392. The van der Waals surface area contributed by atoms with Gasteiger partial charge in [-0.2, -0.15) is 18.2 Å². The third-order valence-corrected chi connectivity index (χ3v) is 5.19. The molecule has 0 unspecified atom stereocenters. The normalized spacial score (nSPS) is 14.7. The van der Waals surface area contributed by atoms with Crippen molar-refractivity contribution in [2.75, 3.05) is 4.90 Å². The highest BCUT2D eigenvalue weighted by molar-refractivity contribution is 6.38. The zero-order valence-corrected chi connectivity index (χ0v) is 16.8. The molecule has 31 heavy (non-hydrogen) atoms. The van der Waals surface area contributed by atoms with E-state index in [-0.39, 0.29) is 16.5 Å². The number of hydrogen-bond donors (Lipinski definition) is 0. The Morgan fingerprint density at radius 1 is 1.00 bits per heavy atom. The highest BCUT2D eigenvalue weighted by Crippen LogP contribution is 2.42. The summed E-state index contributed by atoms with van der Waals surface area (Å²) in [4.78, 5) is 28.7. The average Bonchev–Trinajstić information content (AvgIpc) is 2.71. The summed E-state index contributed by atoms with van der Waals surface area (Å²) >= 11 is 6.52. The number of benzene rings is 3. The Kier molecular flexibility index (Phi) is 5.18. The van der Waals surface area contributed by atoms with Gasteiger partial charge in [0, 0.05) is 16.8 Å². The van der Waals surface area contributed by atoms with Gasteiger partial charge in [-0.3, -0.25) is 4.79 Å². The van der Waals surface area contributed by atoms with Crippen LogP contribution in [0.2, 0.25) is 5.02 Å². The second-order valence-electron chi connectivity index (χ2n) is 6.87. The molecule has 1 heterocycles. The molecule has 4 rings (SSSR count). The van der Waals surface area contributed by atoms with Crippen molar-refractivity contribution in [1.82, 2.24) is 0 Å². The van der Waals surface area contributed by atoms with Crippen LogP contribution in [0.3, 0.4) is 0 Å². The fraction of sp³-hybridized carbons (Fsp3) is 0.136. The molecule has 0 spiro atoms. The molecule has 158 valence electrons. The molecule has 5 nitrogen and oxygen atoms in total. The first-order chi connectivity index (χ1) is 14.7. The monoisotopic (exact) mass is 446 g/mol. The molecule has 0 radical (unpaired) electrons. The summed E-state index contributed by atoms with van der Waals surface area (Å²) in [5.41, 5.74) is -0.560. The summed E-state index contributed by atoms with van der Waals surface area (Å²) in [5, 5.41) is 1.10. The van der Waals surface area contributed by atoms with Gasteiger partial charge in [-0.25, -0.2) is 9.69 Å². The van der Waals surface area contributed by atoms with Crippen LogP contribution in [0.5, 0.6) is 11.5 Å². The topological polar surface area (TPSA) is 59.0 Å². The number of alkyl halides is 3. The molecule has 0 saturated carbocycles. The van der Waals surface area contributed by atoms with E-state index in [1.807, 2.05) is 19.1 Å². The van der Waals surface area contributed by atoms with Gasteiger partial charge >= 0.3 is 12.2 Å². The predicted octanol–water partition coefficient (Wildman–Crippen LogP) is 6.45. The minimum Gasteiger partial charge on any atom is -0.455 e. The van der Waals surface area contributed by atoms with E-state index in [2.05, 4.69) is 4.99 Å². The van der Waals surface area contributed by atoms with Crippen LogP contribution in [0.25, 0.3) is 10.8 Å². The average molecular weight is 447 g/mol. The van der Waals surface area contributed by atoms with Crippen LogP contribution in [0.15, 0.2) is 59.6 Å². The van der Waals surface area contributed by atoms with E-state index in [4.69, 9.17) is 16.3 Å². The molecular weight excluding hydrogens is 433 g/mol. The van der Waals surface area contributed by atoms with Crippen molar-refractivity contribution in [3.63, 3.8) is 0 Å². The highest BCUT2D eigenvalue weighted by atomic mass is 35.5. The Balaban J connectivity index is 1.87. The highest BCUT2D eigenvalue weighted by Gasteiger charge is 2.43. The summed E-state index contributed by atoms with van der Waals surface area (Å²) in [6.07, 6.45) is -5.90. The summed E-state index contributed by atoms with van der Waals surface area (Å²) in [6.45, 7) is 1.83. The number of urea groups is 1. The molecule has 0 fully saturated rings. The summed E-state index contributed by atoms with van der Waals surface area (Å²) in [6, 6.07) is 13.8. The van der Waals surface area contributed by atoms with Gasteiger partial charge in [0.25, 0.3) is 0 Å². The number of rotatable bonds is 3. The predicted molar refractivity (Wildman–Crippen MR) is 111 cm³/mol. The zero-order valence-electron chi connectivity index (χ0n) is 16.0. The number of imide groups is 1. The third-order valence-electron chi connectivity index (χ3n) is 4.80. The van der Waals surface area contributed by atoms with Crippen molar-refractivity contribution < 1.29 is 27.5 Å². The lowest BCUT2D eigenvalue weighted by molar-refractivity contribution is -0.118. The third kappa shape index (κ3) is 3.86. The van der Waals surface area contributed by atoms with Gasteiger partial charge in [0.05, 0.1) is 17.1 Å². The second-order valence-corrected chi connectivity index (χ2v) is 7.24. The molecule has 9 heteroatoms. The van der Waals surface area contributed by atoms with Crippen molar-refractivity contribution in [3.05, 3.63) is 65.2 Å². The molecule has 3 amide bonds. The van der Waals surface area contributed by atoms with E-state index in [9.17, 15) is 22.8 Å². The van der Waals surface area contributed by atoms with Crippen molar-refractivity contribution in [2.45, 2.75) is 19.5 Å². The molecule has 0 aromatic heterocycles. The van der Waals surface area contributed by atoms with Crippen LogP contribution in [0, 0.1) is 6.92 Å². The lowest BCUT2D eigenvalue weighted by atomic mass is 10.1. The second kappa shape index (κ2) is 7.70. The van der Waals surface area contributed by atoms with Crippen molar-refractivity contribution in [3.8, 4) is 11.5 Å². The minimum absolute atomic E-state index is 0.0450. The van der Waals surface area contributed by atoms with Crippen LogP contribution in [0.1, 0.15) is 12.0 Å². The van der Waals surface area contributed by atoms with Gasteiger partial charge in [-0.05, 0) is 18.6 Å². The number of carbonyl (C=O) groups excluding carboxylic acids is 2. The van der Waals surface area contributed by atoms with Gasteiger partial charge in [0.2, 0.25) is 5.91 Å². The van der Waals surface area contributed by atoms with Crippen molar-refractivity contribution in [2.24, 2.45) is 4.99 Å². The number of anilines is 1. The first-order valence-corrected chi connectivity index (χ1v) is 9.51. The van der Waals surface area contributed by atoms with E-state index < -0.39 is 30.2 Å². The molecule has 0 aliphatic carbocycles. The lowest BCUT2D eigenvalue weighted by Gasteiger charge is -2.26. The Bertz CT molecular complexity index is 1250. The fourth-order valence-electron chi connectivity index (χ4n) is 3.28. The van der Waals surface area contributed by atoms with Gasteiger partial charge in [-0.15, -0.1) is 0 Å². The molecule has 3 aromatic rings. The van der Waals surface area contributed by atoms with Crippen LogP contribution in [-0.4, -0.2) is 23.8 Å². The molecule has 1 aliphatic heterocycles. The number of amides is 3. The molecule has 0 atom stereocenters. The van der Waals surface area contributed by atoms with E-state index in [0.29, 0.717) is 21.4 Å². The van der Waals surface area contributed by atoms with Crippen molar-refractivity contribution >= 4 is 45.7 Å². The molecular formula is C22H14ClF3N2O3. The zero-order chi connectivity index (χ0) is 22.3. The number of hydrogen-bond acceptors (Lipinski definition) is 3. The number of ether oxygens (including phenoxy) is 1.